The standard InChI is InChI=1S/C14H17F2NO3/c1-2-20-12-8-17(7-11(12)18)13(19)6-9-4-3-5-10(15)14(9)16/h3-5,11-12,18H,2,6-8H2,1H3. The fourth-order valence-corrected chi connectivity index (χ4v) is 2.30. The number of aliphatic hydroxyl groups is 1. The Bertz CT molecular complexity index is 495. The van der Waals surface area contributed by atoms with Crippen molar-refractivity contribution < 1.29 is 23.4 Å². The Morgan fingerprint density at radius 1 is 1.45 bits per heavy atom. The van der Waals surface area contributed by atoms with Crippen LogP contribution in [0.25, 0.3) is 0 Å². The molecule has 1 aromatic rings. The topological polar surface area (TPSA) is 49.8 Å². The summed E-state index contributed by atoms with van der Waals surface area (Å²) in [5.41, 5.74) is 0.0179. The zero-order valence-corrected chi connectivity index (χ0v) is 11.2. The molecule has 1 saturated heterocycles. The summed E-state index contributed by atoms with van der Waals surface area (Å²) in [6.45, 7) is 2.67. The van der Waals surface area contributed by atoms with Gasteiger partial charge in [0.05, 0.1) is 12.5 Å². The molecule has 0 spiro atoms. The monoisotopic (exact) mass is 285 g/mol. The normalized spacial score (nSPS) is 22.3. The van der Waals surface area contributed by atoms with Gasteiger partial charge in [-0.05, 0) is 13.0 Å². The lowest BCUT2D eigenvalue weighted by Crippen LogP contribution is -2.31. The lowest BCUT2D eigenvalue weighted by atomic mass is 10.1. The van der Waals surface area contributed by atoms with E-state index in [1.165, 1.54) is 17.0 Å². The second-order valence-electron chi connectivity index (χ2n) is 4.75. The van der Waals surface area contributed by atoms with E-state index in [9.17, 15) is 18.7 Å². The summed E-state index contributed by atoms with van der Waals surface area (Å²) in [5.74, 6) is -2.32. The summed E-state index contributed by atoms with van der Waals surface area (Å²) < 4.78 is 31.9. The van der Waals surface area contributed by atoms with Crippen LogP contribution >= 0.6 is 0 Å². The summed E-state index contributed by atoms with van der Waals surface area (Å²) in [7, 11) is 0. The van der Waals surface area contributed by atoms with Gasteiger partial charge in [0.25, 0.3) is 0 Å². The molecule has 1 amide bonds. The average molecular weight is 285 g/mol. The van der Waals surface area contributed by atoms with Crippen LogP contribution in [0.2, 0.25) is 0 Å². The number of hydrogen-bond acceptors (Lipinski definition) is 3. The molecular formula is C14H17F2NO3. The number of aliphatic hydroxyl groups excluding tert-OH is 1. The molecule has 4 nitrogen and oxygen atoms in total. The van der Waals surface area contributed by atoms with Gasteiger partial charge in [0.1, 0.15) is 6.10 Å². The summed E-state index contributed by atoms with van der Waals surface area (Å²) in [6.07, 6.45) is -1.38. The van der Waals surface area contributed by atoms with Crippen molar-refractivity contribution in [1.82, 2.24) is 4.90 Å². The number of hydrogen-bond donors (Lipinski definition) is 1. The molecule has 0 aromatic heterocycles. The molecule has 1 aliphatic rings. The van der Waals surface area contributed by atoms with E-state index < -0.39 is 23.8 Å². The number of amides is 1. The maximum absolute atomic E-state index is 13.5. The van der Waals surface area contributed by atoms with Crippen molar-refractivity contribution in [2.45, 2.75) is 25.6 Å². The third-order valence-corrected chi connectivity index (χ3v) is 3.34. The Morgan fingerprint density at radius 3 is 2.90 bits per heavy atom. The third kappa shape index (κ3) is 3.13. The SMILES string of the molecule is CCOC1CN(C(=O)Cc2cccc(F)c2F)CC1O. The van der Waals surface area contributed by atoms with Crippen molar-refractivity contribution >= 4 is 5.91 Å². The number of ether oxygens (including phenoxy) is 1. The molecular weight excluding hydrogens is 268 g/mol. The fourth-order valence-electron chi connectivity index (χ4n) is 2.30. The van der Waals surface area contributed by atoms with Gasteiger partial charge in [0, 0.05) is 25.3 Å². The Kier molecular flexibility index (Phi) is 4.67. The van der Waals surface area contributed by atoms with Crippen molar-refractivity contribution in [2.75, 3.05) is 19.7 Å². The Hall–Kier alpha value is -1.53. The first-order valence-electron chi connectivity index (χ1n) is 6.53. The summed E-state index contributed by atoms with van der Waals surface area (Å²) in [5, 5.41) is 9.75. The minimum atomic E-state index is -0.998. The van der Waals surface area contributed by atoms with E-state index in [1.807, 2.05) is 0 Å². The van der Waals surface area contributed by atoms with E-state index in [1.54, 1.807) is 6.92 Å². The van der Waals surface area contributed by atoms with Gasteiger partial charge in [-0.2, -0.15) is 0 Å². The minimum Gasteiger partial charge on any atom is -0.388 e. The lowest BCUT2D eigenvalue weighted by molar-refractivity contribution is -0.130. The number of β-amino-alcohol motifs (C(OH)–C–C–N with tert-alkyl or cyclic N) is 1. The van der Waals surface area contributed by atoms with Crippen molar-refractivity contribution in [3.8, 4) is 0 Å². The Balaban J connectivity index is 2.01. The second kappa shape index (κ2) is 6.28. The quantitative estimate of drug-likeness (QED) is 0.902. The molecule has 20 heavy (non-hydrogen) atoms. The largest absolute Gasteiger partial charge is 0.388 e. The van der Waals surface area contributed by atoms with Crippen molar-refractivity contribution in [1.29, 1.82) is 0 Å². The van der Waals surface area contributed by atoms with Gasteiger partial charge < -0.3 is 14.7 Å². The fraction of sp³-hybridized carbons (Fsp3) is 0.500. The van der Waals surface area contributed by atoms with E-state index in [0.29, 0.717) is 6.61 Å². The predicted molar refractivity (Wildman–Crippen MR) is 68.1 cm³/mol. The predicted octanol–water partition coefficient (Wildman–Crippen LogP) is 1.12. The van der Waals surface area contributed by atoms with Crippen LogP contribution in [0.3, 0.4) is 0 Å². The highest BCUT2D eigenvalue weighted by molar-refractivity contribution is 5.79. The van der Waals surface area contributed by atoms with Crippen LogP contribution < -0.4 is 0 Å². The Labute approximate surface area is 116 Å². The maximum Gasteiger partial charge on any atom is 0.227 e. The lowest BCUT2D eigenvalue weighted by Gasteiger charge is -2.16. The summed E-state index contributed by atoms with van der Waals surface area (Å²) in [4.78, 5) is 13.5. The van der Waals surface area contributed by atoms with E-state index in [4.69, 9.17) is 4.74 Å². The maximum atomic E-state index is 13.5. The average Bonchev–Trinajstić information content (AvgIpc) is 2.77. The summed E-state index contributed by atoms with van der Waals surface area (Å²) in [6, 6.07) is 3.75. The first-order valence-corrected chi connectivity index (χ1v) is 6.53. The smallest absolute Gasteiger partial charge is 0.227 e. The van der Waals surface area contributed by atoms with Crippen molar-refractivity contribution in [2.24, 2.45) is 0 Å². The number of rotatable bonds is 4. The van der Waals surface area contributed by atoms with Gasteiger partial charge in [0.2, 0.25) is 5.91 Å². The van der Waals surface area contributed by atoms with Crippen molar-refractivity contribution in [3.05, 3.63) is 35.4 Å². The van der Waals surface area contributed by atoms with Gasteiger partial charge in [-0.3, -0.25) is 4.79 Å². The van der Waals surface area contributed by atoms with Crippen LogP contribution in [0.5, 0.6) is 0 Å². The molecule has 110 valence electrons. The number of benzene rings is 1. The molecule has 2 unspecified atom stereocenters. The number of carbonyl (C=O) groups excluding carboxylic acids is 1. The molecule has 0 saturated carbocycles. The van der Waals surface area contributed by atoms with Gasteiger partial charge in [-0.25, -0.2) is 8.78 Å². The van der Waals surface area contributed by atoms with E-state index in [2.05, 4.69) is 0 Å². The first kappa shape index (κ1) is 14.9. The second-order valence-corrected chi connectivity index (χ2v) is 4.75. The number of carbonyl (C=O) groups is 1. The van der Waals surface area contributed by atoms with E-state index in [0.717, 1.165) is 6.07 Å². The molecule has 2 atom stereocenters. The summed E-state index contributed by atoms with van der Waals surface area (Å²) >= 11 is 0. The van der Waals surface area contributed by atoms with Gasteiger partial charge >= 0.3 is 0 Å². The van der Waals surface area contributed by atoms with Crippen LogP contribution in [0.4, 0.5) is 8.78 Å². The molecule has 0 bridgehead atoms. The molecule has 1 fully saturated rings. The van der Waals surface area contributed by atoms with E-state index in [-0.39, 0.29) is 31.0 Å². The zero-order valence-electron chi connectivity index (χ0n) is 11.2. The molecule has 2 rings (SSSR count). The third-order valence-electron chi connectivity index (χ3n) is 3.34. The molecule has 1 aromatic carbocycles. The zero-order chi connectivity index (χ0) is 14.7. The van der Waals surface area contributed by atoms with Gasteiger partial charge in [0.15, 0.2) is 11.6 Å². The van der Waals surface area contributed by atoms with Crippen LogP contribution in [-0.4, -0.2) is 47.8 Å². The highest BCUT2D eigenvalue weighted by Crippen LogP contribution is 2.17. The highest BCUT2D eigenvalue weighted by Gasteiger charge is 2.34. The minimum absolute atomic E-state index is 0.0179. The van der Waals surface area contributed by atoms with Crippen LogP contribution in [0.1, 0.15) is 12.5 Å². The molecule has 1 aliphatic heterocycles. The van der Waals surface area contributed by atoms with Gasteiger partial charge in [-0.1, -0.05) is 12.1 Å². The first-order chi connectivity index (χ1) is 9.52. The molecule has 0 aliphatic carbocycles. The Morgan fingerprint density at radius 2 is 2.20 bits per heavy atom. The van der Waals surface area contributed by atoms with Crippen molar-refractivity contribution in [3.63, 3.8) is 0 Å². The van der Waals surface area contributed by atoms with Crippen LogP contribution in [0.15, 0.2) is 18.2 Å². The van der Waals surface area contributed by atoms with E-state index >= 15 is 0 Å². The molecule has 1 heterocycles. The van der Waals surface area contributed by atoms with Crippen LogP contribution in [-0.2, 0) is 16.0 Å². The van der Waals surface area contributed by atoms with Gasteiger partial charge in [-0.15, -0.1) is 0 Å². The molecule has 0 radical (unpaired) electrons. The molecule has 6 heteroatoms. The number of nitrogens with zero attached hydrogens (tertiary/aromatic N) is 1. The number of halogens is 2. The highest BCUT2D eigenvalue weighted by atomic mass is 19.2. The molecule has 1 N–H and O–H groups in total. The number of likely N-dealkylation sites (tertiary alicyclic amines) is 1. The van der Waals surface area contributed by atoms with Crippen LogP contribution in [0, 0.1) is 11.6 Å².